The van der Waals surface area contributed by atoms with Crippen molar-refractivity contribution >= 4 is 27.3 Å². The van der Waals surface area contributed by atoms with Gasteiger partial charge >= 0.3 is 0 Å². The molecule has 6 heteroatoms. The van der Waals surface area contributed by atoms with Gasteiger partial charge in [0.15, 0.2) is 0 Å². The van der Waals surface area contributed by atoms with Crippen LogP contribution in [0, 0.1) is 12.7 Å². The highest BCUT2D eigenvalue weighted by atomic mass is 35.5. The minimum Gasteiger partial charge on any atom is -0.269 e. The first-order valence-electron chi connectivity index (χ1n) is 6.27. The highest BCUT2D eigenvalue weighted by molar-refractivity contribution is 7.92. The third-order valence-electron chi connectivity index (χ3n) is 3.24. The number of halogens is 2. The van der Waals surface area contributed by atoms with Crippen LogP contribution in [0.5, 0.6) is 0 Å². The Hall–Kier alpha value is -1.59. The fourth-order valence-corrected chi connectivity index (χ4v) is 3.50. The van der Waals surface area contributed by atoms with Crippen LogP contribution in [0.15, 0.2) is 47.4 Å². The van der Waals surface area contributed by atoms with E-state index in [1.165, 1.54) is 19.2 Å². The van der Waals surface area contributed by atoms with Crippen LogP contribution >= 0.6 is 11.6 Å². The Bertz CT molecular complexity index is 762. The van der Waals surface area contributed by atoms with Crippen LogP contribution in [0.3, 0.4) is 0 Å². The van der Waals surface area contributed by atoms with Gasteiger partial charge in [0.25, 0.3) is 10.0 Å². The van der Waals surface area contributed by atoms with Gasteiger partial charge in [-0.25, -0.2) is 12.8 Å². The van der Waals surface area contributed by atoms with Crippen molar-refractivity contribution in [3.63, 3.8) is 0 Å². The lowest BCUT2D eigenvalue weighted by atomic mass is 10.2. The number of para-hydroxylation sites is 1. The highest BCUT2D eigenvalue weighted by Crippen LogP contribution is 2.27. The number of hydrogen-bond donors (Lipinski definition) is 0. The average molecular weight is 328 g/mol. The van der Waals surface area contributed by atoms with Crippen molar-refractivity contribution in [2.24, 2.45) is 0 Å². The summed E-state index contributed by atoms with van der Waals surface area (Å²) in [6, 6.07) is 10.9. The summed E-state index contributed by atoms with van der Waals surface area (Å²) in [7, 11) is -2.55. The molecule has 0 aliphatic rings. The van der Waals surface area contributed by atoms with Gasteiger partial charge in [-0.2, -0.15) is 0 Å². The third kappa shape index (κ3) is 3.04. The van der Waals surface area contributed by atoms with Gasteiger partial charge < -0.3 is 0 Å². The molecule has 0 atom stereocenters. The first-order valence-corrected chi connectivity index (χ1v) is 8.24. The number of nitrogens with zero attached hydrogens (tertiary/aromatic N) is 1. The Morgan fingerprint density at radius 3 is 2.43 bits per heavy atom. The maximum atomic E-state index is 14.0. The van der Waals surface area contributed by atoms with Crippen molar-refractivity contribution in [1.82, 2.24) is 0 Å². The van der Waals surface area contributed by atoms with Crippen molar-refractivity contribution in [2.75, 3.05) is 11.4 Å². The van der Waals surface area contributed by atoms with E-state index in [-0.39, 0.29) is 10.8 Å². The van der Waals surface area contributed by atoms with Crippen molar-refractivity contribution < 1.29 is 12.8 Å². The molecule has 0 saturated heterocycles. The second-order valence-corrected chi connectivity index (χ2v) is 6.86. The quantitative estimate of drug-likeness (QED) is 0.803. The first kappa shape index (κ1) is 15.8. The minimum absolute atomic E-state index is 0.130. The standard InChI is InChI=1S/C15H15ClFNO2S/c1-11-5-3-4-6-14(11)18(2)21(19,20)15-8-7-12(10-16)9-13(15)17/h3-9H,10H2,1-2H3. The molecule has 0 unspecified atom stereocenters. The lowest BCUT2D eigenvalue weighted by Crippen LogP contribution is -2.28. The van der Waals surface area contributed by atoms with Crippen molar-refractivity contribution in [3.05, 3.63) is 59.4 Å². The van der Waals surface area contributed by atoms with Gasteiger partial charge in [0.2, 0.25) is 0 Å². The van der Waals surface area contributed by atoms with E-state index < -0.39 is 15.8 Å². The van der Waals surface area contributed by atoms with Crippen molar-refractivity contribution in [3.8, 4) is 0 Å². The third-order valence-corrected chi connectivity index (χ3v) is 5.36. The number of hydrogen-bond acceptors (Lipinski definition) is 2. The smallest absolute Gasteiger partial charge is 0.266 e. The summed E-state index contributed by atoms with van der Waals surface area (Å²) in [5, 5.41) is 0. The molecule has 2 aromatic carbocycles. The first-order chi connectivity index (χ1) is 9.87. The molecule has 0 aliphatic carbocycles. The topological polar surface area (TPSA) is 37.4 Å². The molecule has 0 aliphatic heterocycles. The fourth-order valence-electron chi connectivity index (χ4n) is 2.03. The Kier molecular flexibility index (Phi) is 4.54. The molecular weight excluding hydrogens is 313 g/mol. The minimum atomic E-state index is -3.95. The van der Waals surface area contributed by atoms with E-state index in [4.69, 9.17) is 11.6 Å². The van der Waals surface area contributed by atoms with E-state index >= 15 is 0 Å². The van der Waals surface area contributed by atoms with Crippen LogP contribution < -0.4 is 4.31 Å². The molecule has 112 valence electrons. The second kappa shape index (κ2) is 6.03. The zero-order chi connectivity index (χ0) is 15.6. The van der Waals surface area contributed by atoms with Crippen LogP contribution in [0.4, 0.5) is 10.1 Å². The van der Waals surface area contributed by atoms with Crippen LogP contribution in [-0.2, 0) is 15.9 Å². The number of sulfonamides is 1. The Morgan fingerprint density at radius 1 is 1.19 bits per heavy atom. The summed E-state index contributed by atoms with van der Waals surface area (Å²) in [5.41, 5.74) is 1.84. The van der Waals surface area contributed by atoms with Gasteiger partial charge in [0, 0.05) is 12.9 Å². The average Bonchev–Trinajstić information content (AvgIpc) is 2.46. The molecule has 2 aromatic rings. The largest absolute Gasteiger partial charge is 0.269 e. The van der Waals surface area contributed by atoms with E-state index in [1.54, 1.807) is 25.1 Å². The Morgan fingerprint density at radius 2 is 1.86 bits per heavy atom. The summed E-state index contributed by atoms with van der Waals surface area (Å²) in [6.45, 7) is 1.80. The monoisotopic (exact) mass is 327 g/mol. The van der Waals surface area contributed by atoms with E-state index in [9.17, 15) is 12.8 Å². The van der Waals surface area contributed by atoms with Gasteiger partial charge in [-0.05, 0) is 36.2 Å². The number of aryl methyl sites for hydroxylation is 1. The number of benzene rings is 2. The molecule has 2 rings (SSSR count). The summed E-state index contributed by atoms with van der Waals surface area (Å²) in [4.78, 5) is -0.359. The SMILES string of the molecule is Cc1ccccc1N(C)S(=O)(=O)c1ccc(CCl)cc1F. The summed E-state index contributed by atoms with van der Waals surface area (Å²) < 4.78 is 40.2. The van der Waals surface area contributed by atoms with Crippen LogP contribution in [0.1, 0.15) is 11.1 Å². The molecule has 0 bridgehead atoms. The zero-order valence-electron chi connectivity index (χ0n) is 11.7. The molecule has 0 aromatic heterocycles. The lowest BCUT2D eigenvalue weighted by Gasteiger charge is -2.21. The van der Waals surface area contributed by atoms with Crippen molar-refractivity contribution in [2.45, 2.75) is 17.7 Å². The molecule has 3 nitrogen and oxygen atoms in total. The van der Waals surface area contributed by atoms with E-state index in [2.05, 4.69) is 0 Å². The summed E-state index contributed by atoms with van der Waals surface area (Å²) in [5.74, 6) is -0.668. The number of anilines is 1. The normalized spacial score (nSPS) is 11.4. The fraction of sp³-hybridized carbons (Fsp3) is 0.200. The van der Waals surface area contributed by atoms with Crippen LogP contribution in [0.2, 0.25) is 0 Å². The molecular formula is C15H15ClFNO2S. The predicted octanol–water partition coefficient (Wildman–Crippen LogP) is 3.70. The molecule has 0 radical (unpaired) electrons. The molecule has 0 heterocycles. The summed E-state index contributed by atoms with van der Waals surface area (Å²) >= 11 is 5.62. The number of rotatable bonds is 4. The van der Waals surface area contributed by atoms with E-state index in [0.29, 0.717) is 11.3 Å². The molecule has 0 fully saturated rings. The van der Waals surface area contributed by atoms with Crippen LogP contribution in [-0.4, -0.2) is 15.5 Å². The molecule has 0 spiro atoms. The predicted molar refractivity (Wildman–Crippen MR) is 82.7 cm³/mol. The van der Waals surface area contributed by atoms with Gasteiger partial charge in [0.1, 0.15) is 10.7 Å². The lowest BCUT2D eigenvalue weighted by molar-refractivity contribution is 0.565. The maximum absolute atomic E-state index is 14.0. The second-order valence-electron chi connectivity index (χ2n) is 4.66. The zero-order valence-corrected chi connectivity index (χ0v) is 13.2. The Labute approximate surface area is 129 Å². The van der Waals surface area contributed by atoms with Gasteiger partial charge in [0.05, 0.1) is 5.69 Å². The molecule has 0 saturated carbocycles. The maximum Gasteiger partial charge on any atom is 0.266 e. The molecule has 21 heavy (non-hydrogen) atoms. The highest BCUT2D eigenvalue weighted by Gasteiger charge is 2.25. The molecule has 0 amide bonds. The molecule has 0 N–H and O–H groups in total. The van der Waals surface area contributed by atoms with Gasteiger partial charge in [-0.3, -0.25) is 4.31 Å². The van der Waals surface area contributed by atoms with Crippen LogP contribution in [0.25, 0.3) is 0 Å². The van der Waals surface area contributed by atoms with Crippen molar-refractivity contribution in [1.29, 1.82) is 0 Å². The van der Waals surface area contributed by atoms with Gasteiger partial charge in [-0.15, -0.1) is 11.6 Å². The summed E-state index contributed by atoms with van der Waals surface area (Å²) in [6.07, 6.45) is 0. The Balaban J connectivity index is 2.50. The van der Waals surface area contributed by atoms with E-state index in [1.807, 2.05) is 6.07 Å². The van der Waals surface area contributed by atoms with E-state index in [0.717, 1.165) is 15.9 Å². The number of alkyl halides is 1. The van der Waals surface area contributed by atoms with Gasteiger partial charge in [-0.1, -0.05) is 24.3 Å².